The van der Waals surface area contributed by atoms with Crippen LogP contribution in [0.1, 0.15) is 39.5 Å². The number of hydrogen-bond acceptors (Lipinski definition) is 3. The first-order valence-corrected chi connectivity index (χ1v) is 7.33. The molecular formula is C14H28N2O. The molecule has 0 radical (unpaired) electrons. The van der Waals surface area contributed by atoms with Crippen LogP contribution in [0.2, 0.25) is 0 Å². The molecular weight excluding hydrogens is 212 g/mol. The van der Waals surface area contributed by atoms with E-state index >= 15 is 0 Å². The fourth-order valence-corrected chi connectivity index (χ4v) is 3.03. The van der Waals surface area contributed by atoms with Crippen LogP contribution in [0.3, 0.4) is 0 Å². The highest BCUT2D eigenvalue weighted by molar-refractivity contribution is 4.80. The Morgan fingerprint density at radius 3 is 2.41 bits per heavy atom. The number of piperazine rings is 1. The van der Waals surface area contributed by atoms with Gasteiger partial charge >= 0.3 is 0 Å². The van der Waals surface area contributed by atoms with E-state index in [0.717, 1.165) is 19.3 Å². The summed E-state index contributed by atoms with van der Waals surface area (Å²) in [6.45, 7) is 11.6. The maximum Gasteiger partial charge on any atom is 0.0480 e. The normalized spacial score (nSPS) is 30.2. The van der Waals surface area contributed by atoms with Gasteiger partial charge in [-0.15, -0.1) is 0 Å². The lowest BCUT2D eigenvalue weighted by atomic mass is 10.0. The van der Waals surface area contributed by atoms with Crippen molar-refractivity contribution in [1.29, 1.82) is 0 Å². The lowest BCUT2D eigenvalue weighted by Gasteiger charge is -2.41. The van der Waals surface area contributed by atoms with Crippen molar-refractivity contribution < 1.29 is 4.74 Å². The van der Waals surface area contributed by atoms with Crippen molar-refractivity contribution in [3.63, 3.8) is 0 Å². The second kappa shape index (κ2) is 6.72. The third kappa shape index (κ3) is 3.94. The average molecular weight is 240 g/mol. The monoisotopic (exact) mass is 240 g/mol. The van der Waals surface area contributed by atoms with Crippen molar-refractivity contribution in [1.82, 2.24) is 9.80 Å². The third-order valence-corrected chi connectivity index (χ3v) is 4.27. The van der Waals surface area contributed by atoms with Gasteiger partial charge in [-0.3, -0.25) is 9.80 Å². The van der Waals surface area contributed by atoms with Crippen LogP contribution in [0.5, 0.6) is 0 Å². The molecule has 0 bridgehead atoms. The molecule has 17 heavy (non-hydrogen) atoms. The molecule has 0 N–H and O–H groups in total. The molecule has 1 unspecified atom stereocenters. The van der Waals surface area contributed by atoms with E-state index in [0.29, 0.717) is 6.04 Å². The molecule has 2 rings (SSSR count). The molecule has 0 aromatic heterocycles. The Balaban J connectivity index is 1.78. The van der Waals surface area contributed by atoms with E-state index < -0.39 is 0 Å². The van der Waals surface area contributed by atoms with E-state index in [-0.39, 0.29) is 0 Å². The Morgan fingerprint density at radius 1 is 0.941 bits per heavy atom. The molecule has 0 aliphatic carbocycles. The molecule has 100 valence electrons. The van der Waals surface area contributed by atoms with Gasteiger partial charge in [-0.1, -0.05) is 0 Å². The van der Waals surface area contributed by atoms with Crippen molar-refractivity contribution in [3.8, 4) is 0 Å². The SMILES string of the molecule is CC(C)N1CCN(C2CCCCOCC2)CC1. The van der Waals surface area contributed by atoms with Crippen LogP contribution >= 0.6 is 0 Å². The molecule has 0 aromatic rings. The minimum absolute atomic E-state index is 0.706. The molecule has 3 heteroatoms. The standard InChI is InChI=1S/C14H28N2O/c1-13(2)15-7-9-16(10-8-15)14-5-3-4-11-17-12-6-14/h13-14H,3-12H2,1-2H3. The molecule has 2 heterocycles. The van der Waals surface area contributed by atoms with E-state index in [4.69, 9.17) is 4.74 Å². The van der Waals surface area contributed by atoms with E-state index in [9.17, 15) is 0 Å². The van der Waals surface area contributed by atoms with Gasteiger partial charge in [-0.25, -0.2) is 0 Å². The highest BCUT2D eigenvalue weighted by atomic mass is 16.5. The van der Waals surface area contributed by atoms with Crippen LogP contribution in [0.4, 0.5) is 0 Å². The number of hydrogen-bond donors (Lipinski definition) is 0. The third-order valence-electron chi connectivity index (χ3n) is 4.27. The van der Waals surface area contributed by atoms with Crippen LogP contribution in [0.15, 0.2) is 0 Å². The van der Waals surface area contributed by atoms with Crippen LogP contribution in [0, 0.1) is 0 Å². The molecule has 2 aliphatic rings. The second-order valence-corrected chi connectivity index (χ2v) is 5.72. The minimum atomic E-state index is 0.706. The Bertz CT molecular complexity index is 204. The molecule has 1 atom stereocenters. The van der Waals surface area contributed by atoms with Crippen LogP contribution in [-0.4, -0.2) is 61.3 Å². The summed E-state index contributed by atoms with van der Waals surface area (Å²) < 4.78 is 5.62. The summed E-state index contributed by atoms with van der Waals surface area (Å²) >= 11 is 0. The minimum Gasteiger partial charge on any atom is -0.381 e. The second-order valence-electron chi connectivity index (χ2n) is 5.72. The van der Waals surface area contributed by atoms with E-state index in [1.165, 1.54) is 51.9 Å². The topological polar surface area (TPSA) is 15.7 Å². The maximum absolute atomic E-state index is 5.62. The first-order valence-electron chi connectivity index (χ1n) is 7.33. The molecule has 0 amide bonds. The van der Waals surface area contributed by atoms with Gasteiger partial charge in [-0.2, -0.15) is 0 Å². The van der Waals surface area contributed by atoms with Gasteiger partial charge in [-0.05, 0) is 39.5 Å². The first kappa shape index (κ1) is 13.3. The summed E-state index contributed by atoms with van der Waals surface area (Å²) in [5.41, 5.74) is 0. The largest absolute Gasteiger partial charge is 0.381 e. The number of nitrogens with zero attached hydrogens (tertiary/aromatic N) is 2. The quantitative estimate of drug-likeness (QED) is 0.734. The van der Waals surface area contributed by atoms with Gasteiger partial charge in [0.1, 0.15) is 0 Å². The van der Waals surface area contributed by atoms with Crippen molar-refractivity contribution in [3.05, 3.63) is 0 Å². The number of rotatable bonds is 2. The zero-order valence-electron chi connectivity index (χ0n) is 11.5. The molecule has 0 aromatic carbocycles. The molecule has 2 saturated heterocycles. The van der Waals surface area contributed by atoms with Crippen LogP contribution in [0.25, 0.3) is 0 Å². The lowest BCUT2D eigenvalue weighted by Crippen LogP contribution is -2.52. The van der Waals surface area contributed by atoms with Gasteiger partial charge in [0, 0.05) is 51.5 Å². The van der Waals surface area contributed by atoms with Crippen LogP contribution in [-0.2, 0) is 4.74 Å². The summed E-state index contributed by atoms with van der Waals surface area (Å²) in [5.74, 6) is 0. The van der Waals surface area contributed by atoms with Crippen molar-refractivity contribution in [2.75, 3.05) is 39.4 Å². The summed E-state index contributed by atoms with van der Waals surface area (Å²) in [6.07, 6.45) is 5.21. The Labute approximate surface area is 106 Å². The predicted molar refractivity (Wildman–Crippen MR) is 71.4 cm³/mol. The fraction of sp³-hybridized carbons (Fsp3) is 1.00. The summed E-state index contributed by atoms with van der Waals surface area (Å²) in [7, 11) is 0. The van der Waals surface area contributed by atoms with Crippen molar-refractivity contribution in [2.45, 2.75) is 51.6 Å². The van der Waals surface area contributed by atoms with Gasteiger partial charge in [0.15, 0.2) is 0 Å². The highest BCUT2D eigenvalue weighted by Crippen LogP contribution is 2.18. The molecule has 2 fully saturated rings. The summed E-state index contributed by atoms with van der Waals surface area (Å²) in [6, 6.07) is 1.49. The van der Waals surface area contributed by atoms with Crippen molar-refractivity contribution >= 4 is 0 Å². The van der Waals surface area contributed by atoms with E-state index in [1.807, 2.05) is 0 Å². The average Bonchev–Trinajstić information content (AvgIpc) is 2.29. The zero-order chi connectivity index (χ0) is 12.1. The Hall–Kier alpha value is -0.120. The Kier molecular flexibility index (Phi) is 5.26. The van der Waals surface area contributed by atoms with Crippen LogP contribution < -0.4 is 0 Å². The first-order chi connectivity index (χ1) is 8.27. The van der Waals surface area contributed by atoms with Crippen molar-refractivity contribution in [2.24, 2.45) is 0 Å². The lowest BCUT2D eigenvalue weighted by molar-refractivity contribution is 0.0393. The van der Waals surface area contributed by atoms with Gasteiger partial charge in [0.25, 0.3) is 0 Å². The van der Waals surface area contributed by atoms with Gasteiger partial charge in [0.05, 0.1) is 0 Å². The summed E-state index contributed by atoms with van der Waals surface area (Å²) in [5, 5.41) is 0. The Morgan fingerprint density at radius 2 is 1.71 bits per heavy atom. The molecule has 3 nitrogen and oxygen atoms in total. The van der Waals surface area contributed by atoms with E-state index in [1.54, 1.807) is 0 Å². The summed E-state index contributed by atoms with van der Waals surface area (Å²) in [4.78, 5) is 5.30. The zero-order valence-corrected chi connectivity index (χ0v) is 11.5. The maximum atomic E-state index is 5.62. The smallest absolute Gasteiger partial charge is 0.0480 e. The molecule has 0 spiro atoms. The molecule has 2 aliphatic heterocycles. The van der Waals surface area contributed by atoms with Gasteiger partial charge in [0.2, 0.25) is 0 Å². The van der Waals surface area contributed by atoms with Gasteiger partial charge < -0.3 is 4.74 Å². The highest BCUT2D eigenvalue weighted by Gasteiger charge is 2.24. The fourth-order valence-electron chi connectivity index (χ4n) is 3.03. The van der Waals surface area contributed by atoms with E-state index in [2.05, 4.69) is 23.6 Å². The number of ether oxygens (including phenoxy) is 1. The molecule has 0 saturated carbocycles. The predicted octanol–water partition coefficient (Wildman–Crippen LogP) is 1.97.